The number of hydrogen-bond acceptors (Lipinski definition) is 3. The van der Waals surface area contributed by atoms with Crippen LogP contribution in [0.5, 0.6) is 0 Å². The molecule has 2 aromatic rings. The minimum absolute atomic E-state index is 0.0739. The summed E-state index contributed by atoms with van der Waals surface area (Å²) in [6.07, 6.45) is -3.85. The molecule has 0 aliphatic heterocycles. The van der Waals surface area contributed by atoms with Crippen LogP contribution in [0.4, 0.5) is 18.9 Å². The van der Waals surface area contributed by atoms with Gasteiger partial charge in [0.15, 0.2) is 0 Å². The lowest BCUT2D eigenvalue weighted by molar-refractivity contribution is -0.260. The van der Waals surface area contributed by atoms with E-state index in [0.29, 0.717) is 18.7 Å². The summed E-state index contributed by atoms with van der Waals surface area (Å²) in [5.74, 6) is -0.0739. The monoisotopic (exact) mass is 482 g/mol. The molecule has 0 spiro atoms. The largest absolute Gasteiger partial charge is 0.423 e. The van der Waals surface area contributed by atoms with E-state index in [1.165, 1.54) is 0 Å². The van der Waals surface area contributed by atoms with Crippen LogP contribution in [0.3, 0.4) is 0 Å². The summed E-state index contributed by atoms with van der Waals surface area (Å²) >= 11 is 17.5. The van der Waals surface area contributed by atoms with E-state index in [1.54, 1.807) is 24.3 Å². The van der Waals surface area contributed by atoms with Gasteiger partial charge < -0.3 is 15.7 Å². The molecule has 3 N–H and O–H groups in total. The Morgan fingerprint density at radius 1 is 1.07 bits per heavy atom. The van der Waals surface area contributed by atoms with Crippen molar-refractivity contribution in [2.45, 2.75) is 38.1 Å². The van der Waals surface area contributed by atoms with Gasteiger partial charge in [-0.15, -0.1) is 0 Å². The van der Waals surface area contributed by atoms with Gasteiger partial charge in [-0.3, -0.25) is 4.79 Å². The first kappa shape index (κ1) is 24.6. The predicted molar refractivity (Wildman–Crippen MR) is 113 cm³/mol. The van der Waals surface area contributed by atoms with E-state index in [4.69, 9.17) is 34.8 Å². The maximum atomic E-state index is 13.7. The summed E-state index contributed by atoms with van der Waals surface area (Å²) in [4.78, 5) is 11.5. The Hall–Kier alpha value is -1.67. The van der Waals surface area contributed by atoms with E-state index in [0.717, 1.165) is 24.1 Å². The number of amides is 1. The molecular formula is C20H20Cl3F3N2O2. The molecule has 2 aromatic carbocycles. The van der Waals surface area contributed by atoms with Crippen molar-refractivity contribution in [2.24, 2.45) is 0 Å². The third-order valence-corrected chi connectivity index (χ3v) is 5.60. The van der Waals surface area contributed by atoms with Crippen LogP contribution in [-0.2, 0) is 16.9 Å². The number of benzene rings is 2. The van der Waals surface area contributed by atoms with E-state index in [1.807, 2.05) is 6.92 Å². The van der Waals surface area contributed by atoms with Gasteiger partial charge in [0, 0.05) is 18.7 Å². The van der Waals surface area contributed by atoms with Gasteiger partial charge in [-0.25, -0.2) is 0 Å². The first-order chi connectivity index (χ1) is 14.0. The number of rotatable bonds is 8. The summed E-state index contributed by atoms with van der Waals surface area (Å²) in [5, 5.41) is 15.3. The molecule has 0 unspecified atom stereocenters. The molecule has 0 aliphatic carbocycles. The molecule has 4 nitrogen and oxygen atoms in total. The predicted octanol–water partition coefficient (Wildman–Crippen LogP) is 5.93. The van der Waals surface area contributed by atoms with Crippen LogP contribution in [0.2, 0.25) is 15.1 Å². The van der Waals surface area contributed by atoms with Gasteiger partial charge in [0.25, 0.3) is 0 Å². The molecule has 0 radical (unpaired) electrons. The molecule has 2 rings (SSSR count). The topological polar surface area (TPSA) is 61.4 Å². The van der Waals surface area contributed by atoms with E-state index in [2.05, 4.69) is 10.6 Å². The fourth-order valence-electron chi connectivity index (χ4n) is 2.65. The molecule has 164 valence electrons. The van der Waals surface area contributed by atoms with Crippen molar-refractivity contribution in [3.05, 3.63) is 62.6 Å². The highest BCUT2D eigenvalue weighted by Crippen LogP contribution is 2.43. The van der Waals surface area contributed by atoms with Crippen molar-refractivity contribution in [1.29, 1.82) is 0 Å². The smallest absolute Gasteiger partial charge is 0.381 e. The second kappa shape index (κ2) is 10.1. The van der Waals surface area contributed by atoms with Crippen LogP contribution in [0.15, 0.2) is 36.4 Å². The minimum atomic E-state index is -5.01. The van der Waals surface area contributed by atoms with Crippen LogP contribution in [0, 0.1) is 0 Å². The summed E-state index contributed by atoms with van der Waals surface area (Å²) < 4.78 is 41.1. The standard InChI is InChI=1S/C20H20Cl3F3N2O2/c1-2-3-17(29)27-10-12-4-6-14(7-5-12)28-11-19(30,20(24,25)26)13-8-15(21)18(23)16(22)9-13/h4-9,28,30H,2-3,10-11H2,1H3,(H,27,29)/t19-/m0/s1. The van der Waals surface area contributed by atoms with Crippen LogP contribution < -0.4 is 10.6 Å². The Balaban J connectivity index is 2.14. The van der Waals surface area contributed by atoms with Crippen molar-refractivity contribution in [3.63, 3.8) is 0 Å². The molecule has 0 saturated carbocycles. The average molecular weight is 484 g/mol. The molecular weight excluding hydrogens is 464 g/mol. The number of nitrogens with one attached hydrogen (secondary N) is 2. The third kappa shape index (κ3) is 5.94. The summed E-state index contributed by atoms with van der Waals surface area (Å²) in [7, 11) is 0. The van der Waals surface area contributed by atoms with E-state index in [-0.39, 0.29) is 21.0 Å². The van der Waals surface area contributed by atoms with Gasteiger partial charge in [0.1, 0.15) is 0 Å². The van der Waals surface area contributed by atoms with Crippen molar-refractivity contribution >= 4 is 46.4 Å². The highest BCUT2D eigenvalue weighted by atomic mass is 35.5. The fourth-order valence-corrected chi connectivity index (χ4v) is 3.24. The number of alkyl halides is 3. The zero-order valence-electron chi connectivity index (χ0n) is 15.9. The normalized spacial score (nSPS) is 13.6. The lowest BCUT2D eigenvalue weighted by Crippen LogP contribution is -2.47. The number of carbonyl (C=O) groups excluding carboxylic acids is 1. The molecule has 0 aliphatic rings. The maximum absolute atomic E-state index is 13.7. The first-order valence-corrected chi connectivity index (χ1v) is 10.1. The number of aliphatic hydroxyl groups is 1. The third-order valence-electron chi connectivity index (χ3n) is 4.40. The summed E-state index contributed by atoms with van der Waals surface area (Å²) in [6.45, 7) is 1.33. The zero-order valence-corrected chi connectivity index (χ0v) is 18.2. The van der Waals surface area contributed by atoms with Crippen LogP contribution in [0.25, 0.3) is 0 Å². The summed E-state index contributed by atoms with van der Waals surface area (Å²) in [6, 6.07) is 8.31. The van der Waals surface area contributed by atoms with Gasteiger partial charge in [-0.2, -0.15) is 13.2 Å². The second-order valence-electron chi connectivity index (χ2n) is 6.69. The first-order valence-electron chi connectivity index (χ1n) is 9.01. The zero-order chi connectivity index (χ0) is 22.5. The van der Waals surface area contributed by atoms with Crippen LogP contribution in [0.1, 0.15) is 30.9 Å². The Morgan fingerprint density at radius 3 is 2.13 bits per heavy atom. The Bertz CT molecular complexity index is 869. The van der Waals surface area contributed by atoms with Crippen LogP contribution >= 0.6 is 34.8 Å². The molecule has 0 fully saturated rings. The highest BCUT2D eigenvalue weighted by Gasteiger charge is 2.55. The number of anilines is 1. The molecule has 0 heterocycles. The van der Waals surface area contributed by atoms with E-state index in [9.17, 15) is 23.1 Å². The van der Waals surface area contributed by atoms with E-state index < -0.39 is 23.9 Å². The second-order valence-corrected chi connectivity index (χ2v) is 7.88. The lowest BCUT2D eigenvalue weighted by Gasteiger charge is -2.32. The van der Waals surface area contributed by atoms with Crippen molar-refractivity contribution in [3.8, 4) is 0 Å². The van der Waals surface area contributed by atoms with Crippen molar-refractivity contribution in [1.82, 2.24) is 5.32 Å². The Labute approximate surface area is 187 Å². The Kier molecular flexibility index (Phi) is 8.27. The van der Waals surface area contributed by atoms with Crippen molar-refractivity contribution < 1.29 is 23.1 Å². The highest BCUT2D eigenvalue weighted by molar-refractivity contribution is 6.48. The van der Waals surface area contributed by atoms with Gasteiger partial charge in [0.05, 0.1) is 21.6 Å². The number of halogens is 6. The molecule has 1 atom stereocenters. The van der Waals surface area contributed by atoms with Crippen LogP contribution in [-0.4, -0.2) is 23.7 Å². The van der Waals surface area contributed by atoms with Crippen molar-refractivity contribution in [2.75, 3.05) is 11.9 Å². The molecule has 0 saturated heterocycles. The van der Waals surface area contributed by atoms with Gasteiger partial charge >= 0.3 is 6.18 Å². The van der Waals surface area contributed by atoms with E-state index >= 15 is 0 Å². The minimum Gasteiger partial charge on any atom is -0.381 e. The lowest BCUT2D eigenvalue weighted by atomic mass is 9.92. The average Bonchev–Trinajstić information content (AvgIpc) is 2.68. The Morgan fingerprint density at radius 2 is 1.63 bits per heavy atom. The molecule has 0 aromatic heterocycles. The molecule has 30 heavy (non-hydrogen) atoms. The maximum Gasteiger partial charge on any atom is 0.423 e. The van der Waals surface area contributed by atoms with Gasteiger partial charge in [0.2, 0.25) is 11.5 Å². The SMILES string of the molecule is CCCC(=O)NCc1ccc(NC[C@](O)(c2cc(Cl)c(Cl)c(Cl)c2)C(F)(F)F)cc1. The number of hydrogen-bond donors (Lipinski definition) is 3. The number of carbonyl (C=O) groups is 1. The van der Waals surface area contributed by atoms with Gasteiger partial charge in [-0.05, 0) is 41.8 Å². The summed E-state index contributed by atoms with van der Waals surface area (Å²) in [5.41, 5.74) is -2.64. The molecule has 0 bridgehead atoms. The van der Waals surface area contributed by atoms with Gasteiger partial charge in [-0.1, -0.05) is 53.9 Å². The molecule has 1 amide bonds. The quantitative estimate of drug-likeness (QED) is 0.408. The molecule has 10 heteroatoms. The fraction of sp³-hybridized carbons (Fsp3) is 0.350.